The Hall–Kier alpha value is -4.36. The van der Waals surface area contributed by atoms with Crippen molar-refractivity contribution in [3.63, 3.8) is 0 Å². The van der Waals surface area contributed by atoms with Crippen LogP contribution in [0.5, 0.6) is 5.75 Å². The molecule has 0 bridgehead atoms. The van der Waals surface area contributed by atoms with Crippen LogP contribution in [0.2, 0.25) is 0 Å². The Morgan fingerprint density at radius 2 is 1.68 bits per heavy atom. The van der Waals surface area contributed by atoms with Crippen LogP contribution in [-0.4, -0.2) is 9.97 Å². The number of aromatic nitrogens is 2. The van der Waals surface area contributed by atoms with Gasteiger partial charge in [0, 0.05) is 0 Å². The van der Waals surface area contributed by atoms with Gasteiger partial charge in [0.15, 0.2) is 0 Å². The van der Waals surface area contributed by atoms with Gasteiger partial charge >= 0.3 is 0 Å². The van der Waals surface area contributed by atoms with Crippen molar-refractivity contribution in [3.8, 4) is 11.8 Å². The maximum Gasteiger partial charge on any atom is 0.149 e. The molecule has 1 heterocycles. The number of allylic oxidation sites excluding steroid dienone is 1. The number of aromatic amines is 1. The zero-order chi connectivity index (χ0) is 21.0. The first-order valence-electron chi connectivity index (χ1n) is 10.1. The topological polar surface area (TPSA) is 61.7 Å². The Morgan fingerprint density at radius 3 is 2.52 bits per heavy atom. The van der Waals surface area contributed by atoms with Crippen molar-refractivity contribution in [1.29, 1.82) is 5.26 Å². The number of ether oxygens (including phenoxy) is 1. The number of fused-ring (bicyclic) bond motifs is 2. The van der Waals surface area contributed by atoms with Gasteiger partial charge in [0.25, 0.3) is 0 Å². The first-order chi connectivity index (χ1) is 15.3. The van der Waals surface area contributed by atoms with E-state index in [1.165, 1.54) is 10.8 Å². The summed E-state index contributed by atoms with van der Waals surface area (Å²) in [6, 6.07) is 32.3. The third-order valence-electron chi connectivity index (χ3n) is 5.23. The fourth-order valence-corrected chi connectivity index (χ4v) is 3.64. The van der Waals surface area contributed by atoms with E-state index in [1.807, 2.05) is 66.7 Å². The molecule has 5 aromatic rings. The normalized spacial score (nSPS) is 11.5. The largest absolute Gasteiger partial charge is 0.489 e. The summed E-state index contributed by atoms with van der Waals surface area (Å²) in [5, 5.41) is 12.0. The van der Waals surface area contributed by atoms with E-state index < -0.39 is 0 Å². The number of imidazole rings is 1. The van der Waals surface area contributed by atoms with E-state index in [2.05, 4.69) is 46.4 Å². The molecule has 4 heteroatoms. The van der Waals surface area contributed by atoms with Crippen molar-refractivity contribution < 1.29 is 4.74 Å². The quantitative estimate of drug-likeness (QED) is 0.349. The van der Waals surface area contributed by atoms with Crippen LogP contribution in [0.15, 0.2) is 91.0 Å². The summed E-state index contributed by atoms with van der Waals surface area (Å²) in [5.41, 5.74) is 4.31. The smallest absolute Gasteiger partial charge is 0.149 e. The maximum absolute atomic E-state index is 9.61. The van der Waals surface area contributed by atoms with Gasteiger partial charge in [0.05, 0.1) is 16.6 Å². The molecule has 0 aliphatic rings. The van der Waals surface area contributed by atoms with Crippen molar-refractivity contribution in [2.24, 2.45) is 0 Å². The molecule has 0 spiro atoms. The number of benzene rings is 4. The van der Waals surface area contributed by atoms with Crippen molar-refractivity contribution in [1.82, 2.24) is 9.97 Å². The molecule has 4 nitrogen and oxygen atoms in total. The number of nitriles is 1. The lowest BCUT2D eigenvalue weighted by atomic mass is 10.1. The Morgan fingerprint density at radius 1 is 0.903 bits per heavy atom. The van der Waals surface area contributed by atoms with Crippen molar-refractivity contribution in [3.05, 3.63) is 108 Å². The molecule has 148 valence electrons. The lowest BCUT2D eigenvalue weighted by Gasteiger charge is -2.09. The highest BCUT2D eigenvalue weighted by atomic mass is 16.5. The minimum absolute atomic E-state index is 0.487. The van der Waals surface area contributed by atoms with Crippen LogP contribution >= 0.6 is 0 Å². The summed E-state index contributed by atoms with van der Waals surface area (Å²) in [6.07, 6.45) is 1.83. The molecule has 0 aliphatic heterocycles. The third kappa shape index (κ3) is 3.90. The minimum Gasteiger partial charge on any atom is -0.489 e. The summed E-state index contributed by atoms with van der Waals surface area (Å²) in [7, 11) is 0. The van der Waals surface area contributed by atoms with E-state index in [1.54, 1.807) is 0 Å². The molecule has 0 aliphatic carbocycles. The summed E-state index contributed by atoms with van der Waals surface area (Å²) in [4.78, 5) is 7.72. The van der Waals surface area contributed by atoms with E-state index in [9.17, 15) is 5.26 Å². The first kappa shape index (κ1) is 18.7. The predicted octanol–water partition coefficient (Wildman–Crippen LogP) is 6.36. The lowest BCUT2D eigenvalue weighted by molar-refractivity contribution is 0.307. The molecule has 0 saturated carbocycles. The molecule has 0 saturated heterocycles. The van der Waals surface area contributed by atoms with E-state index in [0.29, 0.717) is 18.0 Å². The highest BCUT2D eigenvalue weighted by Gasteiger charge is 2.08. The van der Waals surface area contributed by atoms with Crippen LogP contribution in [0, 0.1) is 11.3 Å². The Labute approximate surface area is 180 Å². The third-order valence-corrected chi connectivity index (χ3v) is 5.23. The number of hydrogen-bond donors (Lipinski definition) is 1. The monoisotopic (exact) mass is 401 g/mol. The van der Waals surface area contributed by atoms with Gasteiger partial charge in [-0.25, -0.2) is 4.98 Å². The number of nitrogens with zero attached hydrogens (tertiary/aromatic N) is 2. The summed E-state index contributed by atoms with van der Waals surface area (Å²) < 4.78 is 6.01. The standard InChI is InChI=1S/C27H19N3O/c28-17-22(27-29-25-10-3-4-11-26(25)30-27)16-19-12-14-23(15-13-19)31-18-21-8-5-7-20-6-1-2-9-24(20)21/h1-16H,18H2,(H,29,30)/b22-16+. The fraction of sp³-hybridized carbons (Fsp3) is 0.0370. The summed E-state index contributed by atoms with van der Waals surface area (Å²) in [5.74, 6) is 1.35. The number of nitrogens with one attached hydrogen (secondary N) is 1. The van der Waals surface area contributed by atoms with Crippen molar-refractivity contribution >= 4 is 33.5 Å². The van der Waals surface area contributed by atoms with Gasteiger partial charge in [-0.2, -0.15) is 5.26 Å². The molecule has 0 amide bonds. The molecule has 31 heavy (non-hydrogen) atoms. The van der Waals surface area contributed by atoms with E-state index in [-0.39, 0.29) is 0 Å². The van der Waals surface area contributed by atoms with Crippen LogP contribution in [-0.2, 0) is 6.61 Å². The molecule has 0 fully saturated rings. The van der Waals surface area contributed by atoms with Gasteiger partial charge < -0.3 is 9.72 Å². The number of para-hydroxylation sites is 2. The van der Waals surface area contributed by atoms with Gasteiger partial charge in [-0.3, -0.25) is 0 Å². The van der Waals surface area contributed by atoms with Crippen LogP contribution in [0.3, 0.4) is 0 Å². The fourth-order valence-electron chi connectivity index (χ4n) is 3.64. The average molecular weight is 401 g/mol. The second-order valence-corrected chi connectivity index (χ2v) is 7.27. The lowest BCUT2D eigenvalue weighted by Crippen LogP contribution is -1.96. The average Bonchev–Trinajstić information content (AvgIpc) is 3.26. The Kier molecular flexibility index (Phi) is 4.92. The predicted molar refractivity (Wildman–Crippen MR) is 124 cm³/mol. The summed E-state index contributed by atoms with van der Waals surface area (Å²) >= 11 is 0. The van der Waals surface area contributed by atoms with Crippen LogP contribution < -0.4 is 4.74 Å². The van der Waals surface area contributed by atoms with Crippen molar-refractivity contribution in [2.45, 2.75) is 6.61 Å². The molecule has 0 radical (unpaired) electrons. The number of hydrogen-bond acceptors (Lipinski definition) is 3. The highest BCUT2D eigenvalue weighted by Crippen LogP contribution is 2.23. The van der Waals surface area contributed by atoms with E-state index in [0.717, 1.165) is 27.9 Å². The zero-order valence-electron chi connectivity index (χ0n) is 16.7. The Balaban J connectivity index is 1.34. The minimum atomic E-state index is 0.487. The number of H-pyrrole nitrogens is 1. The molecular weight excluding hydrogens is 382 g/mol. The molecule has 5 rings (SSSR count). The van der Waals surface area contributed by atoms with Gasteiger partial charge in [0.1, 0.15) is 24.3 Å². The molecular formula is C27H19N3O. The SMILES string of the molecule is N#C/C(=C\c1ccc(OCc2cccc3ccccc23)cc1)c1nc2ccccc2[nH]1. The molecule has 4 aromatic carbocycles. The molecule has 0 atom stereocenters. The van der Waals surface area contributed by atoms with Crippen LogP contribution in [0.1, 0.15) is 17.0 Å². The molecule has 1 N–H and O–H groups in total. The Bertz CT molecular complexity index is 1400. The van der Waals surface area contributed by atoms with Gasteiger partial charge in [-0.05, 0) is 52.2 Å². The number of rotatable bonds is 5. The van der Waals surface area contributed by atoms with Gasteiger partial charge in [-0.1, -0.05) is 66.7 Å². The van der Waals surface area contributed by atoms with Crippen LogP contribution in [0.25, 0.3) is 33.5 Å². The zero-order valence-corrected chi connectivity index (χ0v) is 16.7. The highest BCUT2D eigenvalue weighted by molar-refractivity contribution is 5.90. The second kappa shape index (κ2) is 8.17. The molecule has 1 aromatic heterocycles. The van der Waals surface area contributed by atoms with Crippen LogP contribution in [0.4, 0.5) is 0 Å². The summed E-state index contributed by atoms with van der Waals surface area (Å²) in [6.45, 7) is 0.499. The second-order valence-electron chi connectivity index (χ2n) is 7.27. The van der Waals surface area contributed by atoms with Gasteiger partial charge in [0.2, 0.25) is 0 Å². The van der Waals surface area contributed by atoms with Crippen molar-refractivity contribution in [2.75, 3.05) is 0 Å². The maximum atomic E-state index is 9.61. The van der Waals surface area contributed by atoms with E-state index in [4.69, 9.17) is 4.74 Å². The van der Waals surface area contributed by atoms with E-state index >= 15 is 0 Å². The first-order valence-corrected chi connectivity index (χ1v) is 10.1. The van der Waals surface area contributed by atoms with Gasteiger partial charge in [-0.15, -0.1) is 0 Å². The molecule has 0 unspecified atom stereocenters.